The first-order chi connectivity index (χ1) is 17.3. The van der Waals surface area contributed by atoms with E-state index >= 15 is 4.39 Å². The fourth-order valence-electron chi connectivity index (χ4n) is 4.49. The van der Waals surface area contributed by atoms with E-state index in [1.54, 1.807) is 19.1 Å². The van der Waals surface area contributed by atoms with Crippen LogP contribution in [0, 0.1) is 12.7 Å². The molecule has 4 aromatic rings. The molecule has 3 aromatic carbocycles. The summed E-state index contributed by atoms with van der Waals surface area (Å²) in [5.74, 6) is 0.0484. The predicted octanol–water partition coefficient (Wildman–Crippen LogP) is 6.48. The van der Waals surface area contributed by atoms with Crippen LogP contribution in [0.1, 0.15) is 49.1 Å². The van der Waals surface area contributed by atoms with E-state index in [-0.39, 0.29) is 37.4 Å². The van der Waals surface area contributed by atoms with E-state index in [1.165, 1.54) is 0 Å². The summed E-state index contributed by atoms with van der Waals surface area (Å²) in [5, 5.41) is 0.971. The van der Waals surface area contributed by atoms with Crippen molar-refractivity contribution in [2.75, 3.05) is 6.61 Å². The summed E-state index contributed by atoms with van der Waals surface area (Å²) in [7, 11) is 0. The van der Waals surface area contributed by atoms with Crippen molar-refractivity contribution in [2.24, 2.45) is 5.73 Å². The van der Waals surface area contributed by atoms with Gasteiger partial charge in [-0.05, 0) is 68.7 Å². The predicted molar refractivity (Wildman–Crippen MR) is 141 cm³/mol. The molecule has 0 atom stereocenters. The van der Waals surface area contributed by atoms with Crippen LogP contribution in [0.25, 0.3) is 22.0 Å². The summed E-state index contributed by atoms with van der Waals surface area (Å²) in [6.07, 6.45) is 2.17. The molecule has 6 heteroatoms. The van der Waals surface area contributed by atoms with Gasteiger partial charge in [-0.3, -0.25) is 4.79 Å². The lowest BCUT2D eigenvalue weighted by Gasteiger charge is -2.16. The highest BCUT2D eigenvalue weighted by molar-refractivity contribution is 5.96. The Morgan fingerprint density at radius 2 is 1.86 bits per heavy atom. The van der Waals surface area contributed by atoms with Crippen molar-refractivity contribution >= 4 is 16.9 Å². The van der Waals surface area contributed by atoms with E-state index in [0.717, 1.165) is 33.2 Å². The van der Waals surface area contributed by atoms with Crippen LogP contribution in [0.5, 0.6) is 5.75 Å². The molecule has 0 unspecified atom stereocenters. The number of hydrogen-bond acceptors (Lipinski definition) is 4. The molecule has 0 bridgehead atoms. The zero-order valence-electron chi connectivity index (χ0n) is 21.3. The van der Waals surface area contributed by atoms with Gasteiger partial charge in [0.2, 0.25) is 0 Å². The summed E-state index contributed by atoms with van der Waals surface area (Å²) in [6, 6.07) is 17.4. The van der Waals surface area contributed by atoms with E-state index in [2.05, 4.69) is 24.5 Å². The Bertz CT molecular complexity index is 1390. The Morgan fingerprint density at radius 3 is 2.58 bits per heavy atom. The molecule has 0 saturated heterocycles. The first kappa shape index (κ1) is 25.5. The third-order valence-electron chi connectivity index (χ3n) is 6.30. The number of carbonyl (C=O) groups is 1. The molecule has 0 saturated carbocycles. The van der Waals surface area contributed by atoms with Crippen molar-refractivity contribution in [2.45, 2.75) is 53.3 Å². The second-order valence-electron chi connectivity index (χ2n) is 9.26. The number of fused-ring (bicyclic) bond motifs is 1. The molecule has 0 aliphatic carbocycles. The van der Waals surface area contributed by atoms with Gasteiger partial charge in [-0.15, -0.1) is 0 Å². The van der Waals surface area contributed by atoms with Gasteiger partial charge < -0.3 is 19.8 Å². The highest BCUT2D eigenvalue weighted by atomic mass is 19.1. The highest BCUT2D eigenvalue weighted by Gasteiger charge is 2.17. The summed E-state index contributed by atoms with van der Waals surface area (Å²) < 4.78 is 28.9. The Kier molecular flexibility index (Phi) is 7.75. The first-order valence-electron chi connectivity index (χ1n) is 12.3. The largest absolute Gasteiger partial charge is 0.489 e. The van der Waals surface area contributed by atoms with E-state index in [1.807, 2.05) is 49.5 Å². The Labute approximate surface area is 211 Å². The molecule has 0 aliphatic rings. The van der Waals surface area contributed by atoms with Gasteiger partial charge in [0, 0.05) is 46.4 Å². The van der Waals surface area contributed by atoms with Crippen LogP contribution in [0.15, 0.2) is 60.8 Å². The Hall–Kier alpha value is -3.64. The number of halogens is 1. The number of carbonyl (C=O) groups excluding carboxylic acids is 1. The normalized spacial score (nSPS) is 11.3. The van der Waals surface area contributed by atoms with Crippen molar-refractivity contribution in [3.05, 3.63) is 88.9 Å². The van der Waals surface area contributed by atoms with Crippen LogP contribution in [-0.4, -0.2) is 17.1 Å². The minimum Gasteiger partial charge on any atom is -0.489 e. The van der Waals surface area contributed by atoms with E-state index in [4.69, 9.17) is 15.2 Å². The van der Waals surface area contributed by atoms with Crippen molar-refractivity contribution in [3.63, 3.8) is 0 Å². The van der Waals surface area contributed by atoms with Crippen molar-refractivity contribution < 1.29 is 18.7 Å². The van der Waals surface area contributed by atoms with Gasteiger partial charge in [0.25, 0.3) is 0 Å². The number of esters is 1. The average Bonchev–Trinajstić information content (AvgIpc) is 3.28. The second-order valence-corrected chi connectivity index (χ2v) is 9.26. The second kappa shape index (κ2) is 11.0. The number of aryl methyl sites for hydroxylation is 1. The number of nitrogens with zero attached hydrogens (tertiary/aromatic N) is 1. The molecule has 1 heterocycles. The fraction of sp³-hybridized carbons (Fsp3) is 0.300. The zero-order valence-corrected chi connectivity index (χ0v) is 21.3. The molecule has 0 spiro atoms. The smallest absolute Gasteiger partial charge is 0.310 e. The van der Waals surface area contributed by atoms with Gasteiger partial charge in [-0.2, -0.15) is 0 Å². The maximum absolute atomic E-state index is 15.4. The topological polar surface area (TPSA) is 66.5 Å². The SMILES string of the molecule is CCOC(=O)Cc1ccc(C)cc1OCc1cc(-c2cccc(CN)c2F)c2ccn(C(C)C)c2c1. The molecule has 1 aromatic heterocycles. The van der Waals surface area contributed by atoms with Crippen molar-refractivity contribution in [1.82, 2.24) is 4.57 Å². The first-order valence-corrected chi connectivity index (χ1v) is 12.3. The molecule has 188 valence electrons. The zero-order chi connectivity index (χ0) is 25.8. The number of aromatic nitrogens is 1. The van der Waals surface area contributed by atoms with Gasteiger partial charge in [-0.25, -0.2) is 4.39 Å². The van der Waals surface area contributed by atoms with Crippen LogP contribution < -0.4 is 10.5 Å². The lowest BCUT2D eigenvalue weighted by atomic mass is 9.96. The van der Waals surface area contributed by atoms with Crippen LogP contribution in [-0.2, 0) is 29.1 Å². The lowest BCUT2D eigenvalue weighted by Crippen LogP contribution is -2.09. The molecule has 0 aliphatic heterocycles. The average molecular weight is 489 g/mol. The number of rotatable bonds is 9. The molecular formula is C30H33FN2O3. The quantitative estimate of drug-likeness (QED) is 0.274. The summed E-state index contributed by atoms with van der Waals surface area (Å²) >= 11 is 0. The fourth-order valence-corrected chi connectivity index (χ4v) is 4.49. The highest BCUT2D eigenvalue weighted by Crippen LogP contribution is 2.35. The molecule has 2 N–H and O–H groups in total. The van der Waals surface area contributed by atoms with E-state index < -0.39 is 0 Å². The lowest BCUT2D eigenvalue weighted by molar-refractivity contribution is -0.142. The van der Waals surface area contributed by atoms with E-state index in [9.17, 15) is 4.79 Å². The van der Waals surface area contributed by atoms with Crippen LogP contribution in [0.4, 0.5) is 4.39 Å². The summed E-state index contributed by atoms with van der Waals surface area (Å²) in [6.45, 7) is 8.74. The van der Waals surface area contributed by atoms with E-state index in [0.29, 0.717) is 23.5 Å². The maximum atomic E-state index is 15.4. The third kappa shape index (κ3) is 5.29. The third-order valence-corrected chi connectivity index (χ3v) is 6.30. The number of nitrogens with two attached hydrogens (primary N) is 1. The number of ether oxygens (including phenoxy) is 2. The van der Waals surface area contributed by atoms with Crippen LogP contribution in [0.3, 0.4) is 0 Å². The maximum Gasteiger partial charge on any atom is 0.310 e. The molecule has 5 nitrogen and oxygen atoms in total. The number of benzene rings is 3. The molecule has 4 rings (SSSR count). The van der Waals surface area contributed by atoms with Gasteiger partial charge in [0.15, 0.2) is 0 Å². The van der Waals surface area contributed by atoms with Crippen LogP contribution in [0.2, 0.25) is 0 Å². The van der Waals surface area contributed by atoms with Crippen LogP contribution >= 0.6 is 0 Å². The minimum atomic E-state index is -0.299. The summed E-state index contributed by atoms with van der Waals surface area (Å²) in [4.78, 5) is 12.1. The molecule has 0 fully saturated rings. The summed E-state index contributed by atoms with van der Waals surface area (Å²) in [5.41, 5.74) is 11.3. The molecule has 0 radical (unpaired) electrons. The van der Waals surface area contributed by atoms with Gasteiger partial charge in [0.1, 0.15) is 18.2 Å². The van der Waals surface area contributed by atoms with Gasteiger partial charge in [-0.1, -0.05) is 30.3 Å². The molecule has 36 heavy (non-hydrogen) atoms. The Morgan fingerprint density at radius 1 is 1.06 bits per heavy atom. The monoisotopic (exact) mass is 488 g/mol. The molecular weight excluding hydrogens is 455 g/mol. The molecule has 0 amide bonds. The van der Waals surface area contributed by atoms with Crippen molar-refractivity contribution in [1.29, 1.82) is 0 Å². The van der Waals surface area contributed by atoms with Gasteiger partial charge in [0.05, 0.1) is 13.0 Å². The number of hydrogen-bond donors (Lipinski definition) is 1. The van der Waals surface area contributed by atoms with Gasteiger partial charge >= 0.3 is 5.97 Å². The minimum absolute atomic E-state index is 0.134. The standard InChI is InChI=1S/C30H33FN2O3/c1-5-35-29(34)16-22-10-9-20(4)13-28(22)36-18-21-14-26(25-8-6-7-23(17-32)30(25)31)24-11-12-33(19(2)3)27(24)15-21/h6-15,19H,5,16-18,32H2,1-4H3. The van der Waals surface area contributed by atoms with Crippen molar-refractivity contribution in [3.8, 4) is 16.9 Å². The Balaban J connectivity index is 1.75.